The number of hydrogen-bond acceptors (Lipinski definition) is 2. The Labute approximate surface area is 182 Å². The summed E-state index contributed by atoms with van der Waals surface area (Å²) in [7, 11) is 1.50. The standard InChI is InChI=1S/C20H15BF9NO2/c1-9-16(10-4-13(19(25,26)27)7-14(5-10)20(28,29)30)33-17(32)31(9)8-11-6-12(18(22,23)24)2-3-15(11)21/h2-7,9,16H,8,21H2,1H3/t9-,16-/m0/s1. The number of rotatable bonds is 3. The summed E-state index contributed by atoms with van der Waals surface area (Å²) < 4.78 is 123. The van der Waals surface area contributed by atoms with Gasteiger partial charge in [0, 0.05) is 6.54 Å². The smallest absolute Gasteiger partial charge is 0.416 e. The number of amides is 1. The number of benzene rings is 2. The summed E-state index contributed by atoms with van der Waals surface area (Å²) in [5, 5.41) is 0. The molecule has 0 spiro atoms. The van der Waals surface area contributed by atoms with Crippen molar-refractivity contribution in [1.29, 1.82) is 0 Å². The monoisotopic (exact) mass is 483 g/mol. The van der Waals surface area contributed by atoms with E-state index in [4.69, 9.17) is 4.74 Å². The molecule has 13 heteroatoms. The first kappa shape index (κ1) is 24.8. The molecule has 0 N–H and O–H groups in total. The third-order valence-corrected chi connectivity index (χ3v) is 5.35. The second-order valence-corrected chi connectivity index (χ2v) is 7.65. The Morgan fingerprint density at radius 2 is 1.36 bits per heavy atom. The van der Waals surface area contributed by atoms with E-state index in [1.807, 2.05) is 0 Å². The summed E-state index contributed by atoms with van der Waals surface area (Å²) in [6.07, 6.45) is -17.4. The fourth-order valence-electron chi connectivity index (χ4n) is 3.50. The van der Waals surface area contributed by atoms with E-state index in [9.17, 15) is 44.3 Å². The first-order valence-corrected chi connectivity index (χ1v) is 9.42. The molecular weight excluding hydrogens is 468 g/mol. The predicted molar refractivity (Wildman–Crippen MR) is 100 cm³/mol. The van der Waals surface area contributed by atoms with Crippen molar-refractivity contribution in [2.24, 2.45) is 0 Å². The van der Waals surface area contributed by atoms with E-state index in [2.05, 4.69) is 0 Å². The maximum absolute atomic E-state index is 13.2. The quantitative estimate of drug-likeness (QED) is 0.450. The Morgan fingerprint density at radius 3 is 1.85 bits per heavy atom. The molecule has 0 aromatic heterocycles. The molecule has 1 aliphatic heterocycles. The number of carbonyl (C=O) groups excluding carboxylic acids is 1. The van der Waals surface area contributed by atoms with Crippen LogP contribution in [0.5, 0.6) is 0 Å². The molecule has 1 aliphatic rings. The van der Waals surface area contributed by atoms with Crippen molar-refractivity contribution >= 4 is 19.4 Å². The average Bonchev–Trinajstić information content (AvgIpc) is 2.95. The maximum atomic E-state index is 13.2. The first-order valence-electron chi connectivity index (χ1n) is 9.42. The Hall–Kier alpha value is -2.86. The molecule has 0 unspecified atom stereocenters. The molecule has 0 saturated carbocycles. The van der Waals surface area contributed by atoms with E-state index in [1.165, 1.54) is 20.8 Å². The fraction of sp³-hybridized carbons (Fsp3) is 0.350. The first-order chi connectivity index (χ1) is 15.0. The van der Waals surface area contributed by atoms with Crippen molar-refractivity contribution in [1.82, 2.24) is 4.90 Å². The predicted octanol–water partition coefficient (Wildman–Crippen LogP) is 5.08. The number of carbonyl (C=O) groups is 1. The molecule has 33 heavy (non-hydrogen) atoms. The van der Waals surface area contributed by atoms with Crippen LogP contribution in [0.1, 0.15) is 40.8 Å². The lowest BCUT2D eigenvalue weighted by atomic mass is 9.88. The van der Waals surface area contributed by atoms with Crippen LogP contribution in [0.25, 0.3) is 0 Å². The zero-order chi connectivity index (χ0) is 24.9. The Bertz CT molecular complexity index is 1030. The second kappa shape index (κ2) is 8.17. The lowest BCUT2D eigenvalue weighted by molar-refractivity contribution is -0.143. The van der Waals surface area contributed by atoms with Gasteiger partial charge in [0.05, 0.1) is 22.7 Å². The normalized spacial score (nSPS) is 19.7. The van der Waals surface area contributed by atoms with E-state index in [0.29, 0.717) is 17.6 Å². The van der Waals surface area contributed by atoms with Crippen molar-refractivity contribution in [2.75, 3.05) is 0 Å². The maximum Gasteiger partial charge on any atom is 0.416 e. The Balaban J connectivity index is 1.96. The van der Waals surface area contributed by atoms with Gasteiger partial charge >= 0.3 is 24.6 Å². The van der Waals surface area contributed by atoms with Crippen molar-refractivity contribution in [3.05, 3.63) is 64.2 Å². The van der Waals surface area contributed by atoms with Gasteiger partial charge in [0.15, 0.2) is 0 Å². The molecule has 2 aromatic carbocycles. The third-order valence-electron chi connectivity index (χ3n) is 5.35. The SMILES string of the molecule is Bc1ccc(C(F)(F)F)cc1CN1C(=O)O[C@H](c2cc(C(F)(F)F)cc(C(F)(F)F)c2)[C@@H]1C. The molecule has 1 amide bonds. The van der Waals surface area contributed by atoms with Crippen LogP contribution in [0.4, 0.5) is 44.3 Å². The van der Waals surface area contributed by atoms with E-state index >= 15 is 0 Å². The van der Waals surface area contributed by atoms with Crippen LogP contribution in [-0.2, 0) is 29.8 Å². The molecule has 0 radical (unpaired) electrons. The number of halogens is 9. The minimum Gasteiger partial charge on any atom is -0.439 e. The Kier molecular flexibility index (Phi) is 6.14. The molecule has 3 rings (SSSR count). The number of hydrogen-bond donors (Lipinski definition) is 0. The molecule has 0 aliphatic carbocycles. The molecule has 1 fully saturated rings. The van der Waals surface area contributed by atoms with Gasteiger partial charge in [-0.1, -0.05) is 17.6 Å². The molecule has 3 nitrogen and oxygen atoms in total. The lowest BCUT2D eigenvalue weighted by Gasteiger charge is -2.23. The van der Waals surface area contributed by atoms with Gasteiger partial charge in [0.2, 0.25) is 0 Å². The van der Waals surface area contributed by atoms with Crippen LogP contribution in [0, 0.1) is 0 Å². The van der Waals surface area contributed by atoms with Gasteiger partial charge in [-0.3, -0.25) is 4.90 Å². The summed E-state index contributed by atoms with van der Waals surface area (Å²) in [6, 6.07) is 2.70. The van der Waals surface area contributed by atoms with E-state index < -0.39 is 59.0 Å². The molecule has 178 valence electrons. The van der Waals surface area contributed by atoms with Crippen LogP contribution in [-0.4, -0.2) is 24.9 Å². The molecule has 1 saturated heterocycles. The number of nitrogens with zero attached hydrogens (tertiary/aromatic N) is 1. The van der Waals surface area contributed by atoms with E-state index in [-0.39, 0.29) is 18.2 Å². The topological polar surface area (TPSA) is 29.5 Å². The van der Waals surface area contributed by atoms with Crippen LogP contribution >= 0.6 is 0 Å². The highest BCUT2D eigenvalue weighted by Gasteiger charge is 2.43. The van der Waals surface area contributed by atoms with E-state index in [1.54, 1.807) is 0 Å². The number of alkyl halides is 9. The molecular formula is C20H15BF9NO2. The van der Waals surface area contributed by atoms with Gasteiger partial charge in [0.25, 0.3) is 0 Å². The van der Waals surface area contributed by atoms with Crippen molar-refractivity contribution in [2.45, 2.75) is 44.1 Å². The lowest BCUT2D eigenvalue weighted by Crippen LogP contribution is -2.33. The van der Waals surface area contributed by atoms with Gasteiger partial charge in [-0.05, 0) is 42.3 Å². The Morgan fingerprint density at radius 1 is 0.848 bits per heavy atom. The minimum atomic E-state index is -5.09. The van der Waals surface area contributed by atoms with Crippen molar-refractivity contribution in [3.63, 3.8) is 0 Å². The highest BCUT2D eigenvalue weighted by atomic mass is 19.4. The third kappa shape index (κ3) is 5.22. The van der Waals surface area contributed by atoms with Gasteiger partial charge in [-0.25, -0.2) is 4.79 Å². The van der Waals surface area contributed by atoms with Crippen LogP contribution in [0.15, 0.2) is 36.4 Å². The van der Waals surface area contributed by atoms with Crippen LogP contribution < -0.4 is 5.46 Å². The van der Waals surface area contributed by atoms with Crippen LogP contribution in [0.3, 0.4) is 0 Å². The number of ether oxygens (including phenoxy) is 1. The number of cyclic esters (lactones) is 1. The van der Waals surface area contributed by atoms with E-state index in [0.717, 1.165) is 17.0 Å². The fourth-order valence-corrected chi connectivity index (χ4v) is 3.50. The zero-order valence-corrected chi connectivity index (χ0v) is 17.0. The molecule has 2 atom stereocenters. The summed E-state index contributed by atoms with van der Waals surface area (Å²) >= 11 is 0. The van der Waals surface area contributed by atoms with Gasteiger partial charge in [-0.2, -0.15) is 39.5 Å². The summed E-state index contributed by atoms with van der Waals surface area (Å²) in [5.41, 5.74) is -4.11. The van der Waals surface area contributed by atoms with Crippen molar-refractivity contribution < 1.29 is 49.0 Å². The minimum absolute atomic E-state index is 0.0469. The zero-order valence-electron chi connectivity index (χ0n) is 17.0. The largest absolute Gasteiger partial charge is 0.439 e. The van der Waals surface area contributed by atoms with Gasteiger partial charge in [-0.15, -0.1) is 0 Å². The van der Waals surface area contributed by atoms with Crippen LogP contribution in [0.2, 0.25) is 0 Å². The molecule has 0 bridgehead atoms. The molecule has 1 heterocycles. The average molecular weight is 483 g/mol. The highest BCUT2D eigenvalue weighted by molar-refractivity contribution is 6.33. The molecule has 2 aromatic rings. The summed E-state index contributed by atoms with van der Waals surface area (Å²) in [6.45, 7) is 0.948. The summed E-state index contributed by atoms with van der Waals surface area (Å²) in [5.74, 6) is 0. The highest BCUT2D eigenvalue weighted by Crippen LogP contribution is 2.41. The van der Waals surface area contributed by atoms with Gasteiger partial charge < -0.3 is 4.74 Å². The van der Waals surface area contributed by atoms with Gasteiger partial charge in [0.1, 0.15) is 14.0 Å². The van der Waals surface area contributed by atoms with Crippen molar-refractivity contribution in [3.8, 4) is 0 Å². The summed E-state index contributed by atoms with van der Waals surface area (Å²) in [4.78, 5) is 13.3. The second-order valence-electron chi connectivity index (χ2n) is 7.65.